The predicted molar refractivity (Wildman–Crippen MR) is 58.6 cm³/mol. The van der Waals surface area contributed by atoms with Crippen molar-refractivity contribution >= 4 is 17.6 Å². The van der Waals surface area contributed by atoms with E-state index >= 15 is 0 Å². The minimum atomic E-state index is -1.24. The average Bonchev–Trinajstić information content (AvgIpc) is 2.75. The van der Waals surface area contributed by atoms with Crippen molar-refractivity contribution in [1.82, 2.24) is 5.16 Å². The number of carboxylic acids is 1. The van der Waals surface area contributed by atoms with E-state index in [-0.39, 0.29) is 16.5 Å². The van der Waals surface area contributed by atoms with Gasteiger partial charge in [0, 0.05) is 11.6 Å². The first-order valence-electron chi connectivity index (χ1n) is 4.65. The van der Waals surface area contributed by atoms with Gasteiger partial charge in [0.1, 0.15) is 11.5 Å². The maximum absolute atomic E-state index is 13.5. The zero-order chi connectivity index (χ0) is 12.6. The van der Waals surface area contributed by atoms with Crippen LogP contribution >= 0.6 is 11.6 Å². The van der Waals surface area contributed by atoms with Gasteiger partial charge in [-0.05, 0) is 12.5 Å². The maximum atomic E-state index is 13.5. The summed E-state index contributed by atoms with van der Waals surface area (Å²) < 4.78 is 18.1. The van der Waals surface area contributed by atoms with Gasteiger partial charge in [-0.2, -0.15) is 0 Å². The Morgan fingerprint density at radius 3 is 2.82 bits per heavy atom. The molecule has 88 valence electrons. The van der Waals surface area contributed by atoms with Crippen LogP contribution in [0.1, 0.15) is 16.1 Å². The second kappa shape index (κ2) is 4.18. The molecule has 2 aromatic rings. The van der Waals surface area contributed by atoms with Crippen LogP contribution in [-0.4, -0.2) is 16.2 Å². The quantitative estimate of drug-likeness (QED) is 0.895. The van der Waals surface area contributed by atoms with Crippen molar-refractivity contribution in [3.8, 4) is 11.3 Å². The van der Waals surface area contributed by atoms with E-state index in [9.17, 15) is 9.18 Å². The first-order chi connectivity index (χ1) is 8.00. The highest BCUT2D eigenvalue weighted by Gasteiger charge is 2.17. The normalized spacial score (nSPS) is 10.5. The monoisotopic (exact) mass is 255 g/mol. The van der Waals surface area contributed by atoms with Crippen molar-refractivity contribution in [2.24, 2.45) is 0 Å². The molecule has 0 aliphatic heterocycles. The molecule has 0 aliphatic carbocycles. The van der Waals surface area contributed by atoms with Crippen LogP contribution in [-0.2, 0) is 0 Å². The van der Waals surface area contributed by atoms with Crippen LogP contribution in [0.3, 0.4) is 0 Å². The standard InChI is InChI=1S/C11H7ClFNO3/c1-5-2-3-6(9(12)10(5)13)7-4-8(11(15)16)17-14-7/h2-4H,1H3,(H,15,16). The van der Waals surface area contributed by atoms with Gasteiger partial charge in [0.2, 0.25) is 5.76 Å². The molecular weight excluding hydrogens is 249 g/mol. The van der Waals surface area contributed by atoms with E-state index in [1.807, 2.05) is 0 Å². The van der Waals surface area contributed by atoms with Crippen LogP contribution in [0.5, 0.6) is 0 Å². The molecule has 2 rings (SSSR count). The van der Waals surface area contributed by atoms with Crippen LogP contribution < -0.4 is 0 Å². The van der Waals surface area contributed by atoms with Crippen molar-refractivity contribution in [1.29, 1.82) is 0 Å². The Balaban J connectivity index is 2.53. The molecule has 4 nitrogen and oxygen atoms in total. The van der Waals surface area contributed by atoms with Crippen molar-refractivity contribution in [2.75, 3.05) is 0 Å². The number of hydrogen-bond acceptors (Lipinski definition) is 3. The van der Waals surface area contributed by atoms with Gasteiger partial charge in [0.15, 0.2) is 0 Å². The summed E-state index contributed by atoms with van der Waals surface area (Å²) in [5.41, 5.74) is 0.887. The lowest BCUT2D eigenvalue weighted by atomic mass is 10.1. The molecule has 1 aromatic heterocycles. The van der Waals surface area contributed by atoms with Crippen molar-refractivity contribution < 1.29 is 18.8 Å². The first-order valence-corrected chi connectivity index (χ1v) is 5.03. The summed E-state index contributed by atoms with van der Waals surface area (Å²) in [6, 6.07) is 4.29. The molecule has 0 radical (unpaired) electrons. The van der Waals surface area contributed by atoms with E-state index in [0.717, 1.165) is 0 Å². The number of halogens is 2. The topological polar surface area (TPSA) is 63.3 Å². The average molecular weight is 256 g/mol. The van der Waals surface area contributed by atoms with E-state index in [1.54, 1.807) is 13.0 Å². The number of aromatic carboxylic acids is 1. The lowest BCUT2D eigenvalue weighted by Gasteiger charge is -2.03. The van der Waals surface area contributed by atoms with Crippen molar-refractivity contribution in [3.05, 3.63) is 40.4 Å². The first kappa shape index (κ1) is 11.6. The molecule has 1 aromatic carbocycles. The van der Waals surface area contributed by atoms with Gasteiger partial charge in [-0.1, -0.05) is 28.9 Å². The minimum absolute atomic E-state index is 0.102. The third-order valence-electron chi connectivity index (χ3n) is 2.27. The molecule has 17 heavy (non-hydrogen) atoms. The zero-order valence-electron chi connectivity index (χ0n) is 8.70. The Hall–Kier alpha value is -1.88. The molecule has 0 amide bonds. The highest BCUT2D eigenvalue weighted by molar-refractivity contribution is 6.33. The summed E-state index contributed by atoms with van der Waals surface area (Å²) in [5.74, 6) is -2.12. The summed E-state index contributed by atoms with van der Waals surface area (Å²) in [7, 11) is 0. The highest BCUT2D eigenvalue weighted by atomic mass is 35.5. The van der Waals surface area contributed by atoms with E-state index < -0.39 is 11.8 Å². The van der Waals surface area contributed by atoms with E-state index in [2.05, 4.69) is 9.68 Å². The largest absolute Gasteiger partial charge is 0.475 e. The Labute approximate surface area is 101 Å². The molecule has 0 saturated heterocycles. The Morgan fingerprint density at radius 2 is 2.24 bits per heavy atom. The molecule has 6 heteroatoms. The van der Waals surface area contributed by atoms with Crippen LogP contribution in [0.4, 0.5) is 4.39 Å². The van der Waals surface area contributed by atoms with E-state index in [4.69, 9.17) is 16.7 Å². The minimum Gasteiger partial charge on any atom is -0.475 e. The SMILES string of the molecule is Cc1ccc(-c2cc(C(=O)O)on2)c(Cl)c1F. The summed E-state index contributed by atoms with van der Waals surface area (Å²) in [5, 5.41) is 12.1. The Bertz CT molecular complexity index is 594. The predicted octanol–water partition coefficient (Wildman–Crippen LogP) is 3.14. The smallest absolute Gasteiger partial charge is 0.374 e. The fourth-order valence-corrected chi connectivity index (χ4v) is 1.66. The summed E-state index contributed by atoms with van der Waals surface area (Å²) in [4.78, 5) is 10.6. The number of hydrogen-bond donors (Lipinski definition) is 1. The zero-order valence-corrected chi connectivity index (χ0v) is 9.45. The molecule has 0 saturated carbocycles. The second-order valence-electron chi connectivity index (χ2n) is 3.44. The number of carboxylic acid groups (broad SMARTS) is 1. The van der Waals surface area contributed by atoms with Crippen molar-refractivity contribution in [2.45, 2.75) is 6.92 Å². The fourth-order valence-electron chi connectivity index (χ4n) is 1.35. The number of nitrogens with zero attached hydrogens (tertiary/aromatic N) is 1. The molecule has 1 N–H and O–H groups in total. The number of carbonyl (C=O) groups is 1. The van der Waals surface area contributed by atoms with Gasteiger partial charge < -0.3 is 9.63 Å². The van der Waals surface area contributed by atoms with Gasteiger partial charge in [0.25, 0.3) is 0 Å². The van der Waals surface area contributed by atoms with Gasteiger partial charge in [-0.3, -0.25) is 0 Å². The molecule has 0 aliphatic rings. The number of benzene rings is 1. The lowest BCUT2D eigenvalue weighted by Crippen LogP contribution is -1.92. The second-order valence-corrected chi connectivity index (χ2v) is 3.82. The van der Waals surface area contributed by atoms with E-state index in [1.165, 1.54) is 12.1 Å². The van der Waals surface area contributed by atoms with Crippen LogP contribution in [0, 0.1) is 12.7 Å². The van der Waals surface area contributed by atoms with Crippen LogP contribution in [0.25, 0.3) is 11.3 Å². The number of aromatic nitrogens is 1. The molecule has 0 bridgehead atoms. The van der Waals surface area contributed by atoms with Crippen LogP contribution in [0.15, 0.2) is 22.7 Å². The fraction of sp³-hybridized carbons (Fsp3) is 0.0909. The Kier molecular flexibility index (Phi) is 2.85. The van der Waals surface area contributed by atoms with E-state index in [0.29, 0.717) is 11.1 Å². The lowest BCUT2D eigenvalue weighted by molar-refractivity contribution is 0.0652. The molecule has 0 atom stereocenters. The number of rotatable bonds is 2. The molecular formula is C11H7ClFNO3. The summed E-state index contributed by atoms with van der Waals surface area (Å²) >= 11 is 5.82. The summed E-state index contributed by atoms with van der Waals surface area (Å²) in [6.45, 7) is 1.58. The van der Waals surface area contributed by atoms with Gasteiger partial charge in [-0.15, -0.1) is 0 Å². The van der Waals surface area contributed by atoms with Crippen molar-refractivity contribution in [3.63, 3.8) is 0 Å². The van der Waals surface area contributed by atoms with Gasteiger partial charge in [0.05, 0.1) is 5.02 Å². The highest BCUT2D eigenvalue weighted by Crippen LogP contribution is 2.31. The maximum Gasteiger partial charge on any atom is 0.374 e. The molecule has 1 heterocycles. The summed E-state index contributed by atoms with van der Waals surface area (Å²) in [6.07, 6.45) is 0. The molecule has 0 spiro atoms. The molecule has 0 unspecified atom stereocenters. The third-order valence-corrected chi connectivity index (χ3v) is 2.64. The van der Waals surface area contributed by atoms with Gasteiger partial charge in [-0.25, -0.2) is 9.18 Å². The number of aryl methyl sites for hydroxylation is 1. The molecule has 0 fully saturated rings. The Morgan fingerprint density at radius 1 is 1.53 bits per heavy atom. The van der Waals surface area contributed by atoms with Gasteiger partial charge >= 0.3 is 5.97 Å². The third kappa shape index (κ3) is 2.01. The van der Waals surface area contributed by atoms with Crippen LogP contribution in [0.2, 0.25) is 5.02 Å².